The third-order valence-electron chi connectivity index (χ3n) is 3.12. The second kappa shape index (κ2) is 5.83. The van der Waals surface area contributed by atoms with E-state index in [4.69, 9.17) is 9.84 Å². The van der Waals surface area contributed by atoms with Crippen LogP contribution in [0.5, 0.6) is 0 Å². The molecule has 8 nitrogen and oxygen atoms in total. The molecule has 8 heteroatoms. The summed E-state index contributed by atoms with van der Waals surface area (Å²) in [5, 5.41) is 22.8. The van der Waals surface area contributed by atoms with Crippen molar-refractivity contribution in [3.63, 3.8) is 0 Å². The van der Waals surface area contributed by atoms with Crippen molar-refractivity contribution in [2.24, 2.45) is 0 Å². The summed E-state index contributed by atoms with van der Waals surface area (Å²) in [5.41, 5.74) is -0.452. The molecule has 2 unspecified atom stereocenters. The average Bonchev–Trinajstić information content (AvgIpc) is 2.38. The zero-order valence-corrected chi connectivity index (χ0v) is 10.9. The lowest BCUT2D eigenvalue weighted by Crippen LogP contribution is -2.33. The molecule has 1 aromatic rings. The number of pyridine rings is 1. The molecule has 1 saturated heterocycles. The van der Waals surface area contributed by atoms with E-state index in [2.05, 4.69) is 10.3 Å². The highest BCUT2D eigenvalue weighted by Crippen LogP contribution is 2.25. The highest BCUT2D eigenvalue weighted by atomic mass is 16.6. The number of nitrogens with zero attached hydrogens (tertiary/aromatic N) is 2. The second-order valence-corrected chi connectivity index (χ2v) is 4.67. The minimum Gasteiger partial charge on any atom is -0.477 e. The first kappa shape index (κ1) is 14.2. The summed E-state index contributed by atoms with van der Waals surface area (Å²) in [5.74, 6) is -1.22. The number of ether oxygens (including phenoxy) is 1. The van der Waals surface area contributed by atoms with Gasteiger partial charge >= 0.3 is 11.7 Å². The third kappa shape index (κ3) is 3.21. The smallest absolute Gasteiger partial charge is 0.354 e. The Morgan fingerprint density at radius 1 is 1.60 bits per heavy atom. The molecule has 1 aliphatic rings. The fraction of sp³-hybridized carbons (Fsp3) is 0.500. The van der Waals surface area contributed by atoms with Crippen LogP contribution in [0.4, 0.5) is 11.5 Å². The number of carboxylic acid groups (broad SMARTS) is 1. The van der Waals surface area contributed by atoms with Crippen LogP contribution < -0.4 is 5.32 Å². The molecular weight excluding hydrogens is 266 g/mol. The van der Waals surface area contributed by atoms with Gasteiger partial charge in [0.05, 0.1) is 11.0 Å². The van der Waals surface area contributed by atoms with Crippen molar-refractivity contribution in [1.29, 1.82) is 0 Å². The van der Waals surface area contributed by atoms with Crippen molar-refractivity contribution in [3.05, 3.63) is 27.9 Å². The lowest BCUT2D eigenvalue weighted by Gasteiger charge is -2.28. The van der Waals surface area contributed by atoms with E-state index in [1.165, 1.54) is 0 Å². The maximum Gasteiger partial charge on any atom is 0.354 e. The molecule has 1 aliphatic heterocycles. The summed E-state index contributed by atoms with van der Waals surface area (Å²) in [7, 11) is 0. The molecule has 0 radical (unpaired) electrons. The van der Waals surface area contributed by atoms with Crippen LogP contribution in [0.15, 0.2) is 12.1 Å². The van der Waals surface area contributed by atoms with Gasteiger partial charge in [0, 0.05) is 18.7 Å². The molecule has 108 valence electrons. The predicted octanol–water partition coefficient (Wildman–Crippen LogP) is 1.67. The van der Waals surface area contributed by atoms with Crippen LogP contribution in [0.25, 0.3) is 0 Å². The Bertz CT molecular complexity index is 534. The van der Waals surface area contributed by atoms with E-state index < -0.39 is 10.9 Å². The Morgan fingerprint density at radius 2 is 2.35 bits per heavy atom. The first-order valence-corrected chi connectivity index (χ1v) is 6.24. The number of hydrogen-bond acceptors (Lipinski definition) is 6. The van der Waals surface area contributed by atoms with Crippen molar-refractivity contribution >= 4 is 17.5 Å². The number of aromatic nitrogens is 1. The normalized spacial score (nSPS) is 22.2. The number of nitro groups is 1. The van der Waals surface area contributed by atoms with Crippen LogP contribution in [0.1, 0.15) is 30.3 Å². The quantitative estimate of drug-likeness (QED) is 0.637. The molecule has 1 fully saturated rings. The number of carbonyl (C=O) groups is 1. The fourth-order valence-electron chi connectivity index (χ4n) is 2.15. The monoisotopic (exact) mass is 281 g/mol. The molecular formula is C12H15N3O5. The Morgan fingerprint density at radius 3 is 2.95 bits per heavy atom. The van der Waals surface area contributed by atoms with E-state index in [1.807, 2.05) is 6.92 Å². The Kier molecular flexibility index (Phi) is 4.14. The number of aromatic carboxylic acids is 1. The van der Waals surface area contributed by atoms with E-state index in [-0.39, 0.29) is 29.3 Å². The van der Waals surface area contributed by atoms with Gasteiger partial charge in [0.15, 0.2) is 5.69 Å². The van der Waals surface area contributed by atoms with Crippen LogP contribution in [-0.4, -0.2) is 39.7 Å². The number of anilines is 1. The van der Waals surface area contributed by atoms with E-state index >= 15 is 0 Å². The van der Waals surface area contributed by atoms with Crippen LogP contribution in [0, 0.1) is 10.1 Å². The lowest BCUT2D eigenvalue weighted by molar-refractivity contribution is -0.384. The summed E-state index contributed by atoms with van der Waals surface area (Å²) in [6, 6.07) is 2.26. The second-order valence-electron chi connectivity index (χ2n) is 4.67. The van der Waals surface area contributed by atoms with Crippen molar-refractivity contribution in [1.82, 2.24) is 4.98 Å². The van der Waals surface area contributed by atoms with E-state index in [1.54, 1.807) is 0 Å². The first-order valence-electron chi connectivity index (χ1n) is 6.24. The van der Waals surface area contributed by atoms with Gasteiger partial charge in [0.1, 0.15) is 0 Å². The minimum absolute atomic E-state index is 0.00556. The molecule has 2 heterocycles. The van der Waals surface area contributed by atoms with Crippen molar-refractivity contribution < 1.29 is 19.6 Å². The molecule has 0 aromatic carbocycles. The summed E-state index contributed by atoms with van der Waals surface area (Å²) >= 11 is 0. The fourth-order valence-corrected chi connectivity index (χ4v) is 2.15. The Hall–Kier alpha value is -2.22. The number of nitrogens with one attached hydrogen (secondary N) is 1. The predicted molar refractivity (Wildman–Crippen MR) is 69.9 cm³/mol. The standard InChI is InChI=1S/C12H15N3O5/c1-7-6-8(4-5-20-7)13-11-10(15(18)19)3-2-9(14-11)12(16)17/h2-3,7-8H,4-6H2,1H3,(H,13,14)(H,16,17). The van der Waals surface area contributed by atoms with Crippen molar-refractivity contribution in [2.45, 2.75) is 31.9 Å². The number of carboxylic acids is 1. The van der Waals surface area contributed by atoms with Gasteiger partial charge in [-0.2, -0.15) is 0 Å². The summed E-state index contributed by atoms with van der Waals surface area (Å²) < 4.78 is 5.40. The molecule has 2 rings (SSSR count). The Labute approximate surface area is 114 Å². The number of rotatable bonds is 4. The minimum atomic E-state index is -1.22. The maximum absolute atomic E-state index is 11.0. The number of hydrogen-bond donors (Lipinski definition) is 2. The van der Waals surface area contributed by atoms with Gasteiger partial charge in [-0.1, -0.05) is 0 Å². The highest BCUT2D eigenvalue weighted by molar-refractivity contribution is 5.86. The molecule has 0 bridgehead atoms. The molecule has 2 N–H and O–H groups in total. The van der Waals surface area contributed by atoms with Crippen LogP contribution in [0.2, 0.25) is 0 Å². The van der Waals surface area contributed by atoms with Crippen LogP contribution >= 0.6 is 0 Å². The van der Waals surface area contributed by atoms with Gasteiger partial charge in [-0.3, -0.25) is 10.1 Å². The maximum atomic E-state index is 11.0. The molecule has 0 saturated carbocycles. The average molecular weight is 281 g/mol. The highest BCUT2D eigenvalue weighted by Gasteiger charge is 2.24. The lowest BCUT2D eigenvalue weighted by atomic mass is 10.0. The molecule has 1 aromatic heterocycles. The molecule has 20 heavy (non-hydrogen) atoms. The molecule has 0 amide bonds. The third-order valence-corrected chi connectivity index (χ3v) is 3.12. The first-order chi connectivity index (χ1) is 9.47. The van der Waals surface area contributed by atoms with Crippen molar-refractivity contribution in [2.75, 3.05) is 11.9 Å². The van der Waals surface area contributed by atoms with Crippen LogP contribution in [-0.2, 0) is 4.74 Å². The topological polar surface area (TPSA) is 115 Å². The van der Waals surface area contributed by atoms with Gasteiger partial charge in [-0.05, 0) is 25.8 Å². The van der Waals surface area contributed by atoms with Gasteiger partial charge in [0.25, 0.3) is 0 Å². The van der Waals surface area contributed by atoms with Gasteiger partial charge < -0.3 is 15.2 Å². The molecule has 0 spiro atoms. The summed E-state index contributed by atoms with van der Waals surface area (Å²) in [6.45, 7) is 2.48. The SMILES string of the molecule is CC1CC(Nc2nc(C(=O)O)ccc2[N+](=O)[O-])CCO1. The Balaban J connectivity index is 2.25. The van der Waals surface area contributed by atoms with Crippen LogP contribution in [0.3, 0.4) is 0 Å². The molecule has 2 atom stereocenters. The van der Waals surface area contributed by atoms with Gasteiger partial charge in [-0.25, -0.2) is 9.78 Å². The summed E-state index contributed by atoms with van der Waals surface area (Å²) in [6.07, 6.45) is 1.44. The zero-order valence-electron chi connectivity index (χ0n) is 10.9. The van der Waals surface area contributed by atoms with E-state index in [9.17, 15) is 14.9 Å². The van der Waals surface area contributed by atoms with Gasteiger partial charge in [0.2, 0.25) is 5.82 Å². The van der Waals surface area contributed by atoms with E-state index in [0.29, 0.717) is 19.4 Å². The van der Waals surface area contributed by atoms with E-state index in [0.717, 1.165) is 12.1 Å². The van der Waals surface area contributed by atoms with Gasteiger partial charge in [-0.15, -0.1) is 0 Å². The van der Waals surface area contributed by atoms with Crippen molar-refractivity contribution in [3.8, 4) is 0 Å². The molecule has 0 aliphatic carbocycles. The zero-order chi connectivity index (χ0) is 14.7. The largest absolute Gasteiger partial charge is 0.477 e. The summed E-state index contributed by atoms with van der Waals surface area (Å²) in [4.78, 5) is 25.1.